The third-order valence-electron chi connectivity index (χ3n) is 4.80. The fraction of sp³-hybridized carbons (Fsp3) is 0.500. The maximum absolute atomic E-state index is 13.3. The Morgan fingerprint density at radius 1 is 1.29 bits per heavy atom. The summed E-state index contributed by atoms with van der Waals surface area (Å²) in [5.41, 5.74) is 3.28. The lowest BCUT2D eigenvalue weighted by atomic mass is 9.89. The summed E-state index contributed by atoms with van der Waals surface area (Å²) in [5, 5.41) is 0. The maximum atomic E-state index is 13.3. The van der Waals surface area contributed by atoms with Crippen molar-refractivity contribution in [3.8, 4) is 0 Å². The van der Waals surface area contributed by atoms with Crippen molar-refractivity contribution >= 4 is 5.91 Å². The molecule has 0 saturated heterocycles. The quantitative estimate of drug-likeness (QED) is 0.816. The molecule has 0 bridgehead atoms. The molecule has 1 aliphatic carbocycles. The number of hydrogen-bond acceptors (Lipinski definition) is 3. The van der Waals surface area contributed by atoms with Gasteiger partial charge in [-0.3, -0.25) is 9.78 Å². The number of carbonyl (C=O) groups is 1. The van der Waals surface area contributed by atoms with Crippen LogP contribution in [0.15, 0.2) is 35.1 Å². The monoisotopic (exact) mass is 326 g/mol. The molecule has 4 heteroatoms. The van der Waals surface area contributed by atoms with Crippen LogP contribution < -0.4 is 0 Å². The van der Waals surface area contributed by atoms with Crippen molar-refractivity contribution in [1.82, 2.24) is 9.88 Å². The zero-order valence-electron chi connectivity index (χ0n) is 15.0. The van der Waals surface area contributed by atoms with E-state index in [4.69, 9.17) is 4.42 Å². The molecule has 0 radical (unpaired) electrons. The Labute approximate surface area is 143 Å². The van der Waals surface area contributed by atoms with Gasteiger partial charge < -0.3 is 9.32 Å². The molecule has 0 N–H and O–H groups in total. The molecule has 1 unspecified atom stereocenters. The Morgan fingerprint density at radius 2 is 2.08 bits per heavy atom. The Balaban J connectivity index is 2.00. The average molecular weight is 326 g/mol. The number of carbonyl (C=O) groups excluding carboxylic acids is 1. The normalized spacial score (nSPS) is 17.2. The lowest BCUT2D eigenvalue weighted by Gasteiger charge is -2.37. The third kappa shape index (κ3) is 2.97. The van der Waals surface area contributed by atoms with Crippen LogP contribution >= 0.6 is 0 Å². The molecule has 4 nitrogen and oxygen atoms in total. The summed E-state index contributed by atoms with van der Waals surface area (Å²) in [4.78, 5) is 19.8. The van der Waals surface area contributed by atoms with Crippen LogP contribution in [-0.2, 0) is 6.42 Å². The first-order valence-electron chi connectivity index (χ1n) is 8.84. The minimum absolute atomic E-state index is 0.0209. The molecule has 1 aliphatic rings. The minimum Gasteiger partial charge on any atom is -0.459 e. The highest BCUT2D eigenvalue weighted by molar-refractivity contribution is 5.93. The summed E-state index contributed by atoms with van der Waals surface area (Å²) >= 11 is 0. The van der Waals surface area contributed by atoms with E-state index in [0.29, 0.717) is 5.76 Å². The van der Waals surface area contributed by atoms with Crippen molar-refractivity contribution in [3.63, 3.8) is 0 Å². The van der Waals surface area contributed by atoms with Crippen molar-refractivity contribution in [2.45, 2.75) is 65.0 Å². The van der Waals surface area contributed by atoms with Gasteiger partial charge in [0.05, 0.1) is 18.0 Å². The van der Waals surface area contributed by atoms with E-state index in [1.807, 2.05) is 23.2 Å². The highest BCUT2D eigenvalue weighted by Crippen LogP contribution is 2.35. The Kier molecular flexibility index (Phi) is 4.74. The number of fused-ring (bicyclic) bond motifs is 1. The van der Waals surface area contributed by atoms with E-state index in [9.17, 15) is 4.79 Å². The van der Waals surface area contributed by atoms with Crippen molar-refractivity contribution in [1.29, 1.82) is 0 Å². The number of aromatic nitrogens is 1. The molecule has 0 spiro atoms. The minimum atomic E-state index is -0.0257. The smallest absolute Gasteiger partial charge is 0.290 e. The summed E-state index contributed by atoms with van der Waals surface area (Å²) in [6, 6.07) is 6.12. The lowest BCUT2D eigenvalue weighted by Crippen LogP contribution is -2.42. The molecular formula is C20H26N2O2. The largest absolute Gasteiger partial charge is 0.459 e. The first-order valence-corrected chi connectivity index (χ1v) is 8.84. The zero-order valence-corrected chi connectivity index (χ0v) is 15.0. The van der Waals surface area contributed by atoms with Gasteiger partial charge in [0, 0.05) is 17.8 Å². The predicted molar refractivity (Wildman–Crippen MR) is 94.0 cm³/mol. The molecular weight excluding hydrogens is 300 g/mol. The molecule has 0 saturated carbocycles. The molecule has 2 heterocycles. The summed E-state index contributed by atoms with van der Waals surface area (Å²) in [5.74, 6) is 0.706. The van der Waals surface area contributed by atoms with Crippen LogP contribution in [0.1, 0.15) is 79.9 Å². The average Bonchev–Trinajstić information content (AvgIpc) is 3.05. The fourth-order valence-corrected chi connectivity index (χ4v) is 3.66. The van der Waals surface area contributed by atoms with E-state index in [1.165, 1.54) is 5.56 Å². The Hall–Kier alpha value is -2.10. The van der Waals surface area contributed by atoms with Gasteiger partial charge in [-0.2, -0.15) is 0 Å². The summed E-state index contributed by atoms with van der Waals surface area (Å²) < 4.78 is 5.59. The second-order valence-electron chi connectivity index (χ2n) is 7.12. The third-order valence-corrected chi connectivity index (χ3v) is 4.80. The van der Waals surface area contributed by atoms with Crippen molar-refractivity contribution in [3.05, 3.63) is 53.2 Å². The van der Waals surface area contributed by atoms with Gasteiger partial charge in [0.25, 0.3) is 5.91 Å². The number of amides is 1. The number of pyridine rings is 1. The van der Waals surface area contributed by atoms with E-state index < -0.39 is 0 Å². The second kappa shape index (κ2) is 6.80. The van der Waals surface area contributed by atoms with Crippen LogP contribution in [0.4, 0.5) is 0 Å². The van der Waals surface area contributed by atoms with E-state index in [-0.39, 0.29) is 23.9 Å². The number of rotatable bonds is 4. The van der Waals surface area contributed by atoms with E-state index >= 15 is 0 Å². The SMILES string of the molecule is CC(C)c1ccoc1C(=O)N(C(C)C)C1CCCc2cccnc21. The van der Waals surface area contributed by atoms with Crippen molar-refractivity contribution in [2.24, 2.45) is 0 Å². The van der Waals surface area contributed by atoms with Gasteiger partial charge in [-0.05, 0) is 56.7 Å². The summed E-state index contributed by atoms with van der Waals surface area (Å²) in [7, 11) is 0. The molecule has 3 rings (SSSR count). The van der Waals surface area contributed by atoms with Gasteiger partial charge in [0.1, 0.15) is 0 Å². The van der Waals surface area contributed by atoms with Gasteiger partial charge in [0.15, 0.2) is 5.76 Å². The highest BCUT2D eigenvalue weighted by Gasteiger charge is 2.34. The molecule has 128 valence electrons. The summed E-state index contributed by atoms with van der Waals surface area (Å²) in [6.07, 6.45) is 6.51. The molecule has 2 aromatic heterocycles. The molecule has 1 amide bonds. The molecule has 24 heavy (non-hydrogen) atoms. The highest BCUT2D eigenvalue weighted by atomic mass is 16.3. The molecule has 2 aromatic rings. The fourth-order valence-electron chi connectivity index (χ4n) is 3.66. The van der Waals surface area contributed by atoms with Crippen LogP contribution in [0.3, 0.4) is 0 Å². The second-order valence-corrected chi connectivity index (χ2v) is 7.12. The van der Waals surface area contributed by atoms with Gasteiger partial charge in [-0.25, -0.2) is 0 Å². The van der Waals surface area contributed by atoms with Gasteiger partial charge in [-0.1, -0.05) is 19.9 Å². The number of furan rings is 1. The standard InChI is InChI=1S/C20H26N2O2/c1-13(2)16-10-12-24-19(16)20(23)22(14(3)4)17-9-5-7-15-8-6-11-21-18(15)17/h6,8,10-14,17H,5,7,9H2,1-4H3. The number of nitrogens with zero attached hydrogens (tertiary/aromatic N) is 2. The molecule has 0 aromatic carbocycles. The Bertz CT molecular complexity index is 718. The van der Waals surface area contributed by atoms with Gasteiger partial charge >= 0.3 is 0 Å². The van der Waals surface area contributed by atoms with Crippen LogP contribution in [0.25, 0.3) is 0 Å². The van der Waals surface area contributed by atoms with Crippen LogP contribution in [0.5, 0.6) is 0 Å². The number of hydrogen-bond donors (Lipinski definition) is 0. The van der Waals surface area contributed by atoms with Crippen molar-refractivity contribution < 1.29 is 9.21 Å². The number of aryl methyl sites for hydroxylation is 1. The first kappa shape index (κ1) is 16.7. The van der Waals surface area contributed by atoms with E-state index in [0.717, 1.165) is 30.5 Å². The summed E-state index contributed by atoms with van der Waals surface area (Å²) in [6.45, 7) is 8.29. The van der Waals surface area contributed by atoms with E-state index in [2.05, 4.69) is 38.7 Å². The Morgan fingerprint density at radius 3 is 2.79 bits per heavy atom. The van der Waals surface area contributed by atoms with E-state index in [1.54, 1.807) is 6.26 Å². The van der Waals surface area contributed by atoms with Crippen LogP contribution in [0, 0.1) is 0 Å². The first-order chi connectivity index (χ1) is 11.5. The maximum Gasteiger partial charge on any atom is 0.290 e. The molecule has 0 aliphatic heterocycles. The van der Waals surface area contributed by atoms with Gasteiger partial charge in [0.2, 0.25) is 0 Å². The van der Waals surface area contributed by atoms with Crippen molar-refractivity contribution in [2.75, 3.05) is 0 Å². The lowest BCUT2D eigenvalue weighted by molar-refractivity contribution is 0.0541. The van der Waals surface area contributed by atoms with Crippen LogP contribution in [0.2, 0.25) is 0 Å². The predicted octanol–water partition coefficient (Wildman–Crippen LogP) is 4.73. The molecule has 0 fully saturated rings. The topological polar surface area (TPSA) is 46.3 Å². The van der Waals surface area contributed by atoms with Gasteiger partial charge in [-0.15, -0.1) is 0 Å². The zero-order chi connectivity index (χ0) is 17.3. The van der Waals surface area contributed by atoms with Crippen LogP contribution in [-0.4, -0.2) is 21.8 Å². The molecule has 1 atom stereocenters.